The van der Waals surface area contributed by atoms with E-state index in [1.165, 1.54) is 0 Å². The molecule has 5 heteroatoms. The van der Waals surface area contributed by atoms with Crippen molar-refractivity contribution < 1.29 is 9.47 Å². The van der Waals surface area contributed by atoms with Gasteiger partial charge in [-0.1, -0.05) is 27.5 Å². The quantitative estimate of drug-likeness (QED) is 0.714. The monoisotopic (exact) mass is 335 g/mol. The summed E-state index contributed by atoms with van der Waals surface area (Å²) in [6, 6.07) is 5.67. The Morgan fingerprint density at radius 3 is 2.72 bits per heavy atom. The molecule has 0 radical (unpaired) electrons. The van der Waals surface area contributed by atoms with E-state index in [-0.39, 0.29) is 0 Å². The second-order valence-corrected chi connectivity index (χ2v) is 5.94. The standard InChI is InChI=1S/C13H19BrClNO2/c1-16(8-11(14)9-17-2)7-10-6-12(15)4-5-13(10)18-3/h4-6,11H,7-9H2,1-3H3. The summed E-state index contributed by atoms with van der Waals surface area (Å²) in [6.45, 7) is 2.37. The number of alkyl halides is 1. The maximum absolute atomic E-state index is 6.01. The van der Waals surface area contributed by atoms with Crippen LogP contribution in [-0.4, -0.2) is 44.1 Å². The predicted molar refractivity (Wildman–Crippen MR) is 78.9 cm³/mol. The predicted octanol–water partition coefficient (Wildman–Crippen LogP) is 3.19. The molecule has 0 saturated carbocycles. The Labute approximate surface area is 122 Å². The van der Waals surface area contributed by atoms with Crippen molar-refractivity contribution in [3.05, 3.63) is 28.8 Å². The van der Waals surface area contributed by atoms with Crippen molar-refractivity contribution in [2.45, 2.75) is 11.4 Å². The van der Waals surface area contributed by atoms with Crippen LogP contribution in [0, 0.1) is 0 Å². The van der Waals surface area contributed by atoms with Crippen LogP contribution in [0.1, 0.15) is 5.56 Å². The number of halogens is 2. The zero-order valence-corrected chi connectivity index (χ0v) is 13.3. The van der Waals surface area contributed by atoms with Gasteiger partial charge in [-0.2, -0.15) is 0 Å². The molecule has 0 N–H and O–H groups in total. The van der Waals surface area contributed by atoms with Crippen LogP contribution < -0.4 is 4.74 Å². The van der Waals surface area contributed by atoms with Gasteiger partial charge in [-0.3, -0.25) is 0 Å². The zero-order valence-electron chi connectivity index (χ0n) is 11.0. The lowest BCUT2D eigenvalue weighted by atomic mass is 10.2. The number of rotatable bonds is 7. The van der Waals surface area contributed by atoms with Crippen LogP contribution in [-0.2, 0) is 11.3 Å². The first-order valence-electron chi connectivity index (χ1n) is 5.70. The fourth-order valence-corrected chi connectivity index (χ4v) is 2.75. The minimum absolute atomic E-state index is 0.317. The van der Waals surface area contributed by atoms with Crippen LogP contribution in [0.15, 0.2) is 18.2 Å². The summed E-state index contributed by atoms with van der Waals surface area (Å²) in [6.07, 6.45) is 0. The minimum atomic E-state index is 0.317. The number of hydrogen-bond acceptors (Lipinski definition) is 3. The first-order valence-corrected chi connectivity index (χ1v) is 7.00. The van der Waals surface area contributed by atoms with Crippen LogP contribution >= 0.6 is 27.5 Å². The Kier molecular flexibility index (Phi) is 7.00. The van der Waals surface area contributed by atoms with Crippen molar-refractivity contribution in [1.82, 2.24) is 4.90 Å². The molecule has 18 heavy (non-hydrogen) atoms. The smallest absolute Gasteiger partial charge is 0.123 e. The molecule has 102 valence electrons. The second-order valence-electron chi connectivity index (χ2n) is 4.21. The molecule has 0 aromatic heterocycles. The van der Waals surface area contributed by atoms with Crippen molar-refractivity contribution in [2.75, 3.05) is 34.4 Å². The van der Waals surface area contributed by atoms with Gasteiger partial charge in [-0.25, -0.2) is 0 Å². The van der Waals surface area contributed by atoms with Crippen molar-refractivity contribution in [3.8, 4) is 5.75 Å². The molecule has 0 aliphatic carbocycles. The number of hydrogen-bond donors (Lipinski definition) is 0. The van der Waals surface area contributed by atoms with Gasteiger partial charge >= 0.3 is 0 Å². The summed E-state index contributed by atoms with van der Waals surface area (Å²) < 4.78 is 10.4. The van der Waals surface area contributed by atoms with Crippen LogP contribution in [0.5, 0.6) is 5.75 Å². The van der Waals surface area contributed by atoms with E-state index in [2.05, 4.69) is 27.9 Å². The third-order valence-corrected chi connectivity index (χ3v) is 3.33. The second kappa shape index (κ2) is 8.00. The van der Waals surface area contributed by atoms with Crippen molar-refractivity contribution in [3.63, 3.8) is 0 Å². The normalized spacial score (nSPS) is 12.8. The molecular formula is C13H19BrClNO2. The summed E-state index contributed by atoms with van der Waals surface area (Å²) in [5.41, 5.74) is 1.09. The SMILES string of the molecule is COCC(Br)CN(C)Cc1cc(Cl)ccc1OC. The van der Waals surface area contributed by atoms with Gasteiger partial charge in [0, 0.05) is 30.8 Å². The maximum atomic E-state index is 6.01. The highest BCUT2D eigenvalue weighted by molar-refractivity contribution is 9.09. The van der Waals surface area contributed by atoms with Gasteiger partial charge < -0.3 is 14.4 Å². The molecule has 0 bridgehead atoms. The summed E-state index contributed by atoms with van der Waals surface area (Å²) in [7, 11) is 5.43. The highest BCUT2D eigenvalue weighted by atomic mass is 79.9. The van der Waals surface area contributed by atoms with E-state index in [1.807, 2.05) is 18.2 Å². The van der Waals surface area contributed by atoms with Gasteiger partial charge in [0.2, 0.25) is 0 Å². The first-order chi connectivity index (χ1) is 8.56. The molecule has 3 nitrogen and oxygen atoms in total. The van der Waals surface area contributed by atoms with Gasteiger partial charge in [-0.05, 0) is 25.2 Å². The van der Waals surface area contributed by atoms with Gasteiger partial charge in [0.1, 0.15) is 5.75 Å². The number of benzene rings is 1. The number of methoxy groups -OCH3 is 2. The molecule has 0 aliphatic rings. The lowest BCUT2D eigenvalue weighted by Gasteiger charge is -2.21. The van der Waals surface area contributed by atoms with E-state index in [9.17, 15) is 0 Å². The average Bonchev–Trinajstić information content (AvgIpc) is 2.29. The van der Waals surface area contributed by atoms with E-state index >= 15 is 0 Å². The van der Waals surface area contributed by atoms with E-state index in [1.54, 1.807) is 14.2 Å². The molecule has 1 aromatic rings. The maximum Gasteiger partial charge on any atom is 0.123 e. The van der Waals surface area contributed by atoms with E-state index < -0.39 is 0 Å². The van der Waals surface area contributed by atoms with E-state index in [4.69, 9.17) is 21.1 Å². The lowest BCUT2D eigenvalue weighted by molar-refractivity contribution is 0.184. The van der Waals surface area contributed by atoms with Crippen LogP contribution in [0.3, 0.4) is 0 Å². The van der Waals surface area contributed by atoms with Gasteiger partial charge in [0.05, 0.1) is 18.5 Å². The van der Waals surface area contributed by atoms with Gasteiger partial charge in [-0.15, -0.1) is 0 Å². The molecule has 0 saturated heterocycles. The largest absolute Gasteiger partial charge is 0.496 e. The Morgan fingerprint density at radius 2 is 2.11 bits per heavy atom. The van der Waals surface area contributed by atoms with Crippen molar-refractivity contribution >= 4 is 27.5 Å². The molecule has 1 atom stereocenters. The Hall–Kier alpha value is -0.290. The lowest BCUT2D eigenvalue weighted by Crippen LogP contribution is -2.28. The molecule has 0 amide bonds. The van der Waals surface area contributed by atoms with Gasteiger partial charge in [0.25, 0.3) is 0 Å². The highest BCUT2D eigenvalue weighted by Crippen LogP contribution is 2.23. The molecule has 1 unspecified atom stereocenters. The Bertz CT molecular complexity index is 376. The molecule has 0 aliphatic heterocycles. The summed E-state index contributed by atoms with van der Waals surface area (Å²) >= 11 is 9.59. The van der Waals surface area contributed by atoms with Crippen molar-refractivity contribution in [1.29, 1.82) is 0 Å². The minimum Gasteiger partial charge on any atom is -0.496 e. The molecule has 1 rings (SSSR count). The van der Waals surface area contributed by atoms with Crippen LogP contribution in [0.25, 0.3) is 0 Å². The zero-order chi connectivity index (χ0) is 13.5. The first kappa shape index (κ1) is 15.8. The molecule has 1 aromatic carbocycles. The van der Waals surface area contributed by atoms with Gasteiger partial charge in [0.15, 0.2) is 0 Å². The number of nitrogens with zero attached hydrogens (tertiary/aromatic N) is 1. The molecule has 0 spiro atoms. The number of ether oxygens (including phenoxy) is 2. The average molecular weight is 337 g/mol. The summed E-state index contributed by atoms with van der Waals surface area (Å²) in [5.74, 6) is 0.865. The van der Waals surface area contributed by atoms with E-state index in [0.29, 0.717) is 11.4 Å². The summed E-state index contributed by atoms with van der Waals surface area (Å²) in [4.78, 5) is 2.52. The third kappa shape index (κ3) is 5.14. The van der Waals surface area contributed by atoms with Crippen molar-refractivity contribution in [2.24, 2.45) is 0 Å². The fourth-order valence-electron chi connectivity index (χ4n) is 1.80. The molecule has 0 fully saturated rings. The topological polar surface area (TPSA) is 21.7 Å². The molecular weight excluding hydrogens is 318 g/mol. The fraction of sp³-hybridized carbons (Fsp3) is 0.538. The Balaban J connectivity index is 2.63. The third-order valence-electron chi connectivity index (χ3n) is 2.54. The van der Waals surface area contributed by atoms with E-state index in [0.717, 1.165) is 29.4 Å². The highest BCUT2D eigenvalue weighted by Gasteiger charge is 2.11. The van der Waals surface area contributed by atoms with Crippen LogP contribution in [0.2, 0.25) is 5.02 Å². The summed E-state index contributed by atoms with van der Waals surface area (Å²) in [5, 5.41) is 0.728. The Morgan fingerprint density at radius 1 is 1.39 bits per heavy atom. The van der Waals surface area contributed by atoms with Crippen LogP contribution in [0.4, 0.5) is 0 Å². The molecule has 0 heterocycles.